The molecule has 0 saturated heterocycles. The summed E-state index contributed by atoms with van der Waals surface area (Å²) in [6, 6.07) is 13.9. The van der Waals surface area contributed by atoms with Crippen molar-refractivity contribution < 1.29 is 9.47 Å². The lowest BCUT2D eigenvalue weighted by molar-refractivity contribution is 0.311. The highest BCUT2D eigenvalue weighted by molar-refractivity contribution is 14.0. The quantitative estimate of drug-likeness (QED) is 0.287. The van der Waals surface area contributed by atoms with Crippen LogP contribution in [-0.2, 0) is 6.54 Å². The molecule has 0 unspecified atom stereocenters. The van der Waals surface area contributed by atoms with Gasteiger partial charge >= 0.3 is 0 Å². The monoisotopic (exact) mass is 507 g/mol. The Labute approximate surface area is 188 Å². The highest BCUT2D eigenvalue weighted by Crippen LogP contribution is 2.30. The van der Waals surface area contributed by atoms with Crippen LogP contribution in [0, 0.1) is 0 Å². The van der Waals surface area contributed by atoms with E-state index < -0.39 is 0 Å². The van der Waals surface area contributed by atoms with Gasteiger partial charge in [-0.3, -0.25) is 4.99 Å². The van der Waals surface area contributed by atoms with Crippen molar-refractivity contribution in [2.45, 2.75) is 13.5 Å². The first-order chi connectivity index (χ1) is 13.7. The first kappa shape index (κ1) is 22.5. The molecule has 3 rings (SSSR count). The van der Waals surface area contributed by atoms with Gasteiger partial charge in [-0.15, -0.1) is 24.0 Å². The van der Waals surface area contributed by atoms with E-state index in [1.54, 1.807) is 26.7 Å². The van der Waals surface area contributed by atoms with Gasteiger partial charge in [-0.25, -0.2) is 4.98 Å². The van der Waals surface area contributed by atoms with Crippen LogP contribution >= 0.6 is 24.0 Å². The Morgan fingerprint density at radius 1 is 1.17 bits per heavy atom. The van der Waals surface area contributed by atoms with Crippen LogP contribution in [-0.4, -0.2) is 36.3 Å². The van der Waals surface area contributed by atoms with Crippen molar-refractivity contribution in [1.29, 1.82) is 0 Å². The summed E-state index contributed by atoms with van der Waals surface area (Å²) in [6.07, 6.45) is 5.49. The second-order valence-electron chi connectivity index (χ2n) is 5.95. The average Bonchev–Trinajstić information content (AvgIpc) is 3.26. The van der Waals surface area contributed by atoms with E-state index >= 15 is 0 Å². The van der Waals surface area contributed by atoms with Crippen LogP contribution in [0.15, 0.2) is 66.2 Å². The van der Waals surface area contributed by atoms with Crippen LogP contribution in [0.1, 0.15) is 12.5 Å². The average molecular weight is 507 g/mol. The number of guanidine groups is 1. The Hall–Kier alpha value is -2.75. The number of nitrogens with zero attached hydrogens (tertiary/aromatic N) is 3. The number of hydrogen-bond donors (Lipinski definition) is 2. The number of halogens is 1. The van der Waals surface area contributed by atoms with E-state index in [0.29, 0.717) is 30.6 Å². The number of aromatic nitrogens is 2. The van der Waals surface area contributed by atoms with Crippen molar-refractivity contribution in [2.24, 2.45) is 4.99 Å². The SMILES string of the molecule is CCOc1cc(NC(=NC)NCc2ccccc2-n2ccnc2)ccc1OC.I. The molecule has 0 aliphatic heterocycles. The molecule has 0 fully saturated rings. The van der Waals surface area contributed by atoms with Gasteiger partial charge in [-0.1, -0.05) is 18.2 Å². The summed E-state index contributed by atoms with van der Waals surface area (Å²) in [7, 11) is 3.37. The topological polar surface area (TPSA) is 72.7 Å². The number of ether oxygens (including phenoxy) is 2. The van der Waals surface area contributed by atoms with E-state index in [-0.39, 0.29) is 24.0 Å². The maximum absolute atomic E-state index is 5.64. The number of rotatable bonds is 7. The number of methoxy groups -OCH3 is 1. The first-order valence-electron chi connectivity index (χ1n) is 9.10. The minimum atomic E-state index is 0. The Kier molecular flexibility index (Phi) is 8.78. The Morgan fingerprint density at radius 2 is 2.00 bits per heavy atom. The zero-order chi connectivity index (χ0) is 19.8. The van der Waals surface area contributed by atoms with E-state index in [1.165, 1.54) is 0 Å². The number of imidazole rings is 1. The molecule has 0 radical (unpaired) electrons. The maximum atomic E-state index is 5.64. The van der Waals surface area contributed by atoms with E-state index in [9.17, 15) is 0 Å². The predicted octanol–water partition coefficient (Wildman–Crippen LogP) is 4.09. The molecular weight excluding hydrogens is 481 g/mol. The molecule has 3 aromatic rings. The lowest BCUT2D eigenvalue weighted by Crippen LogP contribution is -2.30. The minimum absolute atomic E-state index is 0. The molecule has 154 valence electrons. The predicted molar refractivity (Wildman–Crippen MR) is 127 cm³/mol. The molecule has 29 heavy (non-hydrogen) atoms. The van der Waals surface area contributed by atoms with Crippen molar-refractivity contribution in [2.75, 3.05) is 26.1 Å². The summed E-state index contributed by atoms with van der Waals surface area (Å²) in [5, 5.41) is 6.64. The summed E-state index contributed by atoms with van der Waals surface area (Å²) < 4.78 is 13.0. The fourth-order valence-corrected chi connectivity index (χ4v) is 2.83. The summed E-state index contributed by atoms with van der Waals surface area (Å²) in [6.45, 7) is 3.12. The number of benzene rings is 2. The second-order valence-corrected chi connectivity index (χ2v) is 5.95. The molecule has 0 amide bonds. The molecule has 2 aromatic carbocycles. The molecule has 0 aliphatic rings. The lowest BCUT2D eigenvalue weighted by Gasteiger charge is -2.16. The molecule has 0 bridgehead atoms. The van der Waals surface area contributed by atoms with Gasteiger partial charge in [0.05, 0.1) is 25.7 Å². The van der Waals surface area contributed by atoms with Gasteiger partial charge in [0.1, 0.15) is 0 Å². The highest BCUT2D eigenvalue weighted by atomic mass is 127. The summed E-state index contributed by atoms with van der Waals surface area (Å²) in [5.74, 6) is 2.05. The molecule has 0 aliphatic carbocycles. The number of para-hydroxylation sites is 1. The van der Waals surface area contributed by atoms with Gasteiger partial charge in [0.15, 0.2) is 17.5 Å². The Balaban J connectivity index is 0.00000300. The third-order valence-electron chi connectivity index (χ3n) is 4.17. The summed E-state index contributed by atoms with van der Waals surface area (Å²) in [4.78, 5) is 8.44. The van der Waals surface area contributed by atoms with Crippen molar-refractivity contribution in [3.05, 3.63) is 66.7 Å². The van der Waals surface area contributed by atoms with Crippen LogP contribution in [0.3, 0.4) is 0 Å². The second kappa shape index (κ2) is 11.3. The first-order valence-corrected chi connectivity index (χ1v) is 9.10. The lowest BCUT2D eigenvalue weighted by atomic mass is 10.1. The van der Waals surface area contributed by atoms with Gasteiger partial charge in [-0.2, -0.15) is 0 Å². The highest BCUT2D eigenvalue weighted by Gasteiger charge is 2.08. The van der Waals surface area contributed by atoms with E-state index in [1.807, 2.05) is 48.0 Å². The Bertz CT molecular complexity index is 929. The maximum Gasteiger partial charge on any atom is 0.195 e. The number of anilines is 1. The fraction of sp³-hybridized carbons (Fsp3) is 0.238. The van der Waals surface area contributed by atoms with Crippen molar-refractivity contribution in [3.8, 4) is 17.2 Å². The minimum Gasteiger partial charge on any atom is -0.493 e. The Morgan fingerprint density at radius 3 is 2.69 bits per heavy atom. The number of hydrogen-bond acceptors (Lipinski definition) is 4. The molecule has 7 nitrogen and oxygen atoms in total. The van der Waals surface area contributed by atoms with Gasteiger partial charge in [0, 0.05) is 37.7 Å². The summed E-state index contributed by atoms with van der Waals surface area (Å²) >= 11 is 0. The molecule has 0 spiro atoms. The molecule has 8 heteroatoms. The largest absolute Gasteiger partial charge is 0.493 e. The number of aliphatic imine (C=N–C) groups is 1. The van der Waals surface area contributed by atoms with Crippen LogP contribution in [0.2, 0.25) is 0 Å². The standard InChI is InChI=1S/C21H25N5O2.HI/c1-4-28-20-13-17(9-10-19(20)27-3)25-21(22-2)24-14-16-7-5-6-8-18(16)26-12-11-23-15-26;/h5-13,15H,4,14H2,1-3H3,(H2,22,24,25);1H. The van der Waals surface area contributed by atoms with Gasteiger partial charge < -0.3 is 24.7 Å². The third-order valence-corrected chi connectivity index (χ3v) is 4.17. The third kappa shape index (κ3) is 5.86. The van der Waals surface area contributed by atoms with Gasteiger partial charge in [0.25, 0.3) is 0 Å². The van der Waals surface area contributed by atoms with Gasteiger partial charge in [0.2, 0.25) is 0 Å². The van der Waals surface area contributed by atoms with E-state index in [4.69, 9.17) is 9.47 Å². The zero-order valence-electron chi connectivity index (χ0n) is 16.8. The van der Waals surface area contributed by atoms with E-state index in [2.05, 4.69) is 32.7 Å². The van der Waals surface area contributed by atoms with Crippen LogP contribution in [0.5, 0.6) is 11.5 Å². The fourth-order valence-electron chi connectivity index (χ4n) is 2.83. The molecule has 1 aromatic heterocycles. The van der Waals surface area contributed by atoms with Crippen LogP contribution in [0.25, 0.3) is 5.69 Å². The normalized spacial score (nSPS) is 10.8. The van der Waals surface area contributed by atoms with Crippen molar-refractivity contribution >= 4 is 35.6 Å². The van der Waals surface area contributed by atoms with Crippen LogP contribution < -0.4 is 20.1 Å². The van der Waals surface area contributed by atoms with E-state index in [0.717, 1.165) is 16.9 Å². The molecule has 1 heterocycles. The summed E-state index contributed by atoms with van der Waals surface area (Å²) in [5.41, 5.74) is 3.07. The van der Waals surface area contributed by atoms with Crippen molar-refractivity contribution in [3.63, 3.8) is 0 Å². The molecular formula is C21H26IN5O2. The van der Waals surface area contributed by atoms with Crippen molar-refractivity contribution in [1.82, 2.24) is 14.9 Å². The smallest absolute Gasteiger partial charge is 0.195 e. The van der Waals surface area contributed by atoms with Gasteiger partial charge in [-0.05, 0) is 30.7 Å². The van der Waals surface area contributed by atoms with Crippen LogP contribution in [0.4, 0.5) is 5.69 Å². The molecule has 0 saturated carbocycles. The molecule has 2 N–H and O–H groups in total. The molecule has 0 atom stereocenters. The number of nitrogens with one attached hydrogen (secondary N) is 2. The zero-order valence-corrected chi connectivity index (χ0v) is 19.1.